The highest BCUT2D eigenvalue weighted by molar-refractivity contribution is 5.81. The first-order valence-corrected chi connectivity index (χ1v) is 9.19. The summed E-state index contributed by atoms with van der Waals surface area (Å²) in [6.07, 6.45) is 0.645. The average Bonchev–Trinajstić information content (AvgIpc) is 2.65. The molecule has 6 nitrogen and oxygen atoms in total. The molecule has 1 fully saturated rings. The van der Waals surface area contributed by atoms with Gasteiger partial charge in [-0.15, -0.1) is 0 Å². The number of aliphatic hydroxyl groups excluding tert-OH is 1. The molecule has 0 aromatic heterocycles. The molecular weight excluding hydrogens is 337 g/mol. The average molecular weight is 365 g/mol. The van der Waals surface area contributed by atoms with Gasteiger partial charge in [0.2, 0.25) is 0 Å². The smallest absolute Gasteiger partial charge is 0.310 e. The fourth-order valence-electron chi connectivity index (χ4n) is 3.06. The number of ether oxygens (including phenoxy) is 1. The molecule has 26 heavy (non-hydrogen) atoms. The van der Waals surface area contributed by atoms with Crippen molar-refractivity contribution in [2.45, 2.75) is 32.8 Å². The normalized spacial score (nSPS) is 19.2. The van der Waals surface area contributed by atoms with Crippen LogP contribution in [0.1, 0.15) is 38.4 Å². The van der Waals surface area contributed by atoms with E-state index in [9.17, 15) is 14.3 Å². The first-order valence-electron chi connectivity index (χ1n) is 9.19. The maximum atomic E-state index is 13.8. The Morgan fingerprint density at radius 3 is 2.92 bits per heavy atom. The SMILES string of the molecule is CCNC(=NCC(O)c1ccccc1F)N1CCCC(C(=O)OCC)C1. The molecule has 0 amide bonds. The number of rotatable bonds is 6. The fourth-order valence-corrected chi connectivity index (χ4v) is 3.06. The largest absolute Gasteiger partial charge is 0.466 e. The standard InChI is InChI=1S/C19H28FN3O3/c1-3-21-19(22-12-17(24)15-9-5-6-10-16(15)20)23-11-7-8-14(13-23)18(25)26-4-2/h5-6,9-10,14,17,24H,3-4,7-8,11-13H2,1-2H3,(H,21,22). The van der Waals surface area contributed by atoms with E-state index in [0.717, 1.165) is 19.4 Å². The van der Waals surface area contributed by atoms with E-state index in [1.807, 2.05) is 11.8 Å². The summed E-state index contributed by atoms with van der Waals surface area (Å²) in [4.78, 5) is 18.5. The van der Waals surface area contributed by atoms with Crippen LogP contribution in [0.25, 0.3) is 0 Å². The van der Waals surface area contributed by atoms with E-state index in [4.69, 9.17) is 4.74 Å². The van der Waals surface area contributed by atoms with E-state index in [1.54, 1.807) is 25.1 Å². The highest BCUT2D eigenvalue weighted by atomic mass is 19.1. The summed E-state index contributed by atoms with van der Waals surface area (Å²) in [7, 11) is 0. The molecule has 1 saturated heterocycles. The van der Waals surface area contributed by atoms with Crippen LogP contribution in [0.15, 0.2) is 29.3 Å². The lowest BCUT2D eigenvalue weighted by Gasteiger charge is -2.34. The number of halogens is 1. The lowest BCUT2D eigenvalue weighted by atomic mass is 9.98. The Labute approximate surface area is 154 Å². The van der Waals surface area contributed by atoms with Gasteiger partial charge in [0.1, 0.15) is 11.9 Å². The van der Waals surface area contributed by atoms with Crippen LogP contribution in [-0.2, 0) is 9.53 Å². The molecule has 1 aliphatic heterocycles. The Kier molecular flexibility index (Phi) is 7.84. The number of carbonyl (C=O) groups is 1. The van der Waals surface area contributed by atoms with Crippen LogP contribution in [0.5, 0.6) is 0 Å². The predicted molar refractivity (Wildman–Crippen MR) is 98.3 cm³/mol. The Balaban J connectivity index is 2.05. The van der Waals surface area contributed by atoms with Gasteiger partial charge in [0.05, 0.1) is 19.1 Å². The van der Waals surface area contributed by atoms with Gasteiger partial charge in [-0.3, -0.25) is 9.79 Å². The van der Waals surface area contributed by atoms with E-state index in [0.29, 0.717) is 25.7 Å². The highest BCUT2D eigenvalue weighted by Crippen LogP contribution is 2.19. The molecule has 1 heterocycles. The molecule has 2 N–H and O–H groups in total. The minimum Gasteiger partial charge on any atom is -0.466 e. The first kappa shape index (κ1) is 20.2. The van der Waals surface area contributed by atoms with Crippen molar-refractivity contribution < 1.29 is 19.0 Å². The number of carbonyl (C=O) groups excluding carboxylic acids is 1. The molecule has 144 valence electrons. The number of aliphatic imine (C=N–C) groups is 1. The lowest BCUT2D eigenvalue weighted by molar-refractivity contribution is -0.149. The fraction of sp³-hybridized carbons (Fsp3) is 0.579. The van der Waals surface area contributed by atoms with Crippen molar-refractivity contribution in [2.24, 2.45) is 10.9 Å². The molecule has 1 aromatic carbocycles. The van der Waals surface area contributed by atoms with Gasteiger partial charge in [-0.05, 0) is 32.8 Å². The summed E-state index contributed by atoms with van der Waals surface area (Å²) in [6.45, 7) is 6.14. The van der Waals surface area contributed by atoms with Gasteiger partial charge < -0.3 is 20.1 Å². The van der Waals surface area contributed by atoms with Crippen LogP contribution in [0, 0.1) is 11.7 Å². The molecule has 0 bridgehead atoms. The molecule has 0 saturated carbocycles. The van der Waals surface area contributed by atoms with Gasteiger partial charge in [-0.1, -0.05) is 18.2 Å². The number of aliphatic hydroxyl groups is 1. The molecule has 1 aliphatic rings. The molecule has 2 rings (SSSR count). The van der Waals surface area contributed by atoms with Crippen LogP contribution in [-0.4, -0.2) is 54.7 Å². The summed E-state index contributed by atoms with van der Waals surface area (Å²) in [6, 6.07) is 6.15. The molecule has 0 spiro atoms. The van der Waals surface area contributed by atoms with Crippen LogP contribution in [0.2, 0.25) is 0 Å². The number of esters is 1. The van der Waals surface area contributed by atoms with E-state index in [1.165, 1.54) is 6.07 Å². The van der Waals surface area contributed by atoms with E-state index >= 15 is 0 Å². The Hall–Kier alpha value is -2.15. The lowest BCUT2D eigenvalue weighted by Crippen LogP contribution is -2.48. The molecule has 7 heteroatoms. The second-order valence-corrected chi connectivity index (χ2v) is 6.27. The number of hydrogen-bond donors (Lipinski definition) is 2. The minimum atomic E-state index is -1.02. The van der Waals surface area contributed by atoms with Gasteiger partial charge in [0, 0.05) is 25.2 Å². The number of nitrogens with one attached hydrogen (secondary N) is 1. The maximum absolute atomic E-state index is 13.8. The van der Waals surface area contributed by atoms with Crippen molar-refractivity contribution in [1.82, 2.24) is 10.2 Å². The number of likely N-dealkylation sites (tertiary alicyclic amines) is 1. The highest BCUT2D eigenvalue weighted by Gasteiger charge is 2.28. The van der Waals surface area contributed by atoms with E-state index < -0.39 is 11.9 Å². The van der Waals surface area contributed by atoms with Gasteiger partial charge >= 0.3 is 5.97 Å². The number of piperidine rings is 1. The third-order valence-corrected chi connectivity index (χ3v) is 4.35. The zero-order valence-electron chi connectivity index (χ0n) is 15.4. The summed E-state index contributed by atoms with van der Waals surface area (Å²) in [5.41, 5.74) is 0.232. The van der Waals surface area contributed by atoms with Crippen molar-refractivity contribution in [3.05, 3.63) is 35.6 Å². The van der Waals surface area contributed by atoms with Crippen LogP contribution in [0.4, 0.5) is 4.39 Å². The summed E-state index contributed by atoms with van der Waals surface area (Å²) < 4.78 is 18.9. The van der Waals surface area contributed by atoms with Gasteiger partial charge in [0.25, 0.3) is 0 Å². The van der Waals surface area contributed by atoms with Crippen LogP contribution < -0.4 is 5.32 Å². The molecule has 2 unspecified atom stereocenters. The summed E-state index contributed by atoms with van der Waals surface area (Å²) >= 11 is 0. The third kappa shape index (κ3) is 5.42. The molecule has 0 aliphatic carbocycles. The minimum absolute atomic E-state index is 0.0455. The topological polar surface area (TPSA) is 74.2 Å². The van der Waals surface area contributed by atoms with Crippen molar-refractivity contribution in [3.63, 3.8) is 0 Å². The van der Waals surface area contributed by atoms with Crippen LogP contribution >= 0.6 is 0 Å². The summed E-state index contributed by atoms with van der Waals surface area (Å²) in [5, 5.41) is 13.4. The van der Waals surface area contributed by atoms with Gasteiger partial charge in [0.15, 0.2) is 5.96 Å². The summed E-state index contributed by atoms with van der Waals surface area (Å²) in [5.74, 6) is -0.180. The van der Waals surface area contributed by atoms with Crippen molar-refractivity contribution in [2.75, 3.05) is 32.8 Å². The van der Waals surface area contributed by atoms with E-state index in [2.05, 4.69) is 10.3 Å². The van der Waals surface area contributed by atoms with Crippen molar-refractivity contribution in [3.8, 4) is 0 Å². The molecular formula is C19H28FN3O3. The number of nitrogens with zero attached hydrogens (tertiary/aromatic N) is 2. The predicted octanol–water partition coefficient (Wildman–Crippen LogP) is 2.10. The maximum Gasteiger partial charge on any atom is 0.310 e. The van der Waals surface area contributed by atoms with E-state index in [-0.39, 0.29) is 24.0 Å². The number of benzene rings is 1. The monoisotopic (exact) mass is 365 g/mol. The second kappa shape index (κ2) is 10.1. The zero-order valence-corrected chi connectivity index (χ0v) is 15.4. The molecule has 0 radical (unpaired) electrons. The Morgan fingerprint density at radius 2 is 2.23 bits per heavy atom. The third-order valence-electron chi connectivity index (χ3n) is 4.35. The van der Waals surface area contributed by atoms with Gasteiger partial charge in [-0.25, -0.2) is 4.39 Å². The van der Waals surface area contributed by atoms with Crippen LogP contribution in [0.3, 0.4) is 0 Å². The second-order valence-electron chi connectivity index (χ2n) is 6.27. The van der Waals surface area contributed by atoms with Crippen molar-refractivity contribution in [1.29, 1.82) is 0 Å². The quantitative estimate of drug-likeness (QED) is 0.459. The number of guanidine groups is 1. The zero-order chi connectivity index (χ0) is 18.9. The Bertz CT molecular complexity index is 624. The van der Waals surface area contributed by atoms with Gasteiger partial charge in [-0.2, -0.15) is 0 Å². The Morgan fingerprint density at radius 1 is 1.46 bits per heavy atom. The number of hydrogen-bond acceptors (Lipinski definition) is 4. The van der Waals surface area contributed by atoms with Crippen molar-refractivity contribution >= 4 is 11.9 Å². The first-order chi connectivity index (χ1) is 12.6. The molecule has 2 atom stereocenters. The molecule has 1 aromatic rings.